The summed E-state index contributed by atoms with van der Waals surface area (Å²) in [4.78, 5) is 41.3. The van der Waals surface area contributed by atoms with Crippen LogP contribution in [0.5, 0.6) is 5.75 Å². The number of nitrogens with zero attached hydrogens (tertiary/aromatic N) is 2. The van der Waals surface area contributed by atoms with Gasteiger partial charge < -0.3 is 29.4 Å². The Kier molecular flexibility index (Phi) is 7.06. The van der Waals surface area contributed by atoms with Crippen LogP contribution in [0.4, 0.5) is 13.2 Å². The van der Waals surface area contributed by atoms with Gasteiger partial charge in [-0.1, -0.05) is 30.3 Å². The molecule has 0 aliphatic carbocycles. The van der Waals surface area contributed by atoms with Crippen LogP contribution >= 0.6 is 0 Å². The lowest BCUT2D eigenvalue weighted by Crippen LogP contribution is -2.52. The van der Waals surface area contributed by atoms with Crippen molar-refractivity contribution >= 4 is 11.8 Å². The van der Waals surface area contributed by atoms with E-state index in [1.807, 2.05) is 37.3 Å². The Morgan fingerprint density at radius 1 is 1.14 bits per heavy atom. The maximum atomic E-state index is 14.1. The number of carbonyl (C=O) groups is 2. The van der Waals surface area contributed by atoms with Crippen molar-refractivity contribution in [2.45, 2.75) is 56.7 Å². The third-order valence-electron chi connectivity index (χ3n) is 8.29. The van der Waals surface area contributed by atoms with Gasteiger partial charge in [-0.25, -0.2) is 13.2 Å². The normalized spacial score (nSPS) is 24.9. The summed E-state index contributed by atoms with van der Waals surface area (Å²) in [5.74, 6) is -7.30. The highest BCUT2D eigenvalue weighted by Crippen LogP contribution is 2.46. The van der Waals surface area contributed by atoms with Crippen LogP contribution in [0.25, 0.3) is 0 Å². The first-order valence-corrected chi connectivity index (χ1v) is 13.6. The molecule has 1 spiro atoms. The van der Waals surface area contributed by atoms with E-state index >= 15 is 0 Å². The summed E-state index contributed by atoms with van der Waals surface area (Å²) in [5.41, 5.74) is -1.52. The molecule has 1 aromatic heterocycles. The Bertz CT molecular complexity index is 1610. The van der Waals surface area contributed by atoms with E-state index in [2.05, 4.69) is 5.32 Å². The van der Waals surface area contributed by atoms with Crippen molar-refractivity contribution < 1.29 is 37.3 Å². The lowest BCUT2D eigenvalue weighted by atomic mass is 9.99. The van der Waals surface area contributed by atoms with E-state index in [-0.39, 0.29) is 31.0 Å². The second kappa shape index (κ2) is 10.6. The highest BCUT2D eigenvalue weighted by atomic mass is 19.1. The minimum Gasteiger partial charge on any atom is -0.503 e. The maximum absolute atomic E-state index is 14.1. The van der Waals surface area contributed by atoms with Crippen LogP contribution in [0.15, 0.2) is 53.5 Å². The molecule has 0 saturated carbocycles. The van der Waals surface area contributed by atoms with Crippen molar-refractivity contribution in [2.75, 3.05) is 13.2 Å². The maximum Gasteiger partial charge on any atom is 0.274 e. The average Bonchev–Trinajstić information content (AvgIpc) is 3.31. The van der Waals surface area contributed by atoms with Crippen molar-refractivity contribution in [1.29, 1.82) is 0 Å². The van der Waals surface area contributed by atoms with Crippen LogP contribution in [0.1, 0.15) is 57.8 Å². The average molecular weight is 584 g/mol. The zero-order chi connectivity index (χ0) is 29.8. The molecule has 3 aromatic rings. The molecule has 2 aromatic carbocycles. The summed E-state index contributed by atoms with van der Waals surface area (Å²) in [6.07, 6.45) is 2.37. The molecule has 3 aliphatic rings. The molecule has 12 heteroatoms. The molecule has 6 rings (SSSR count). The molecular formula is C30H28F3N3O6. The Morgan fingerprint density at radius 3 is 2.57 bits per heavy atom. The largest absolute Gasteiger partial charge is 0.503 e. The molecule has 2 N–H and O–H groups in total. The molecule has 9 nitrogen and oxygen atoms in total. The van der Waals surface area contributed by atoms with Gasteiger partial charge in [-0.3, -0.25) is 14.4 Å². The highest BCUT2D eigenvalue weighted by Gasteiger charge is 2.55. The van der Waals surface area contributed by atoms with E-state index in [1.54, 1.807) is 4.90 Å². The van der Waals surface area contributed by atoms with Gasteiger partial charge in [0.1, 0.15) is 29.1 Å². The van der Waals surface area contributed by atoms with E-state index in [4.69, 9.17) is 9.47 Å². The fourth-order valence-corrected chi connectivity index (χ4v) is 6.07. The molecule has 0 unspecified atom stereocenters. The molecule has 2 fully saturated rings. The van der Waals surface area contributed by atoms with Crippen LogP contribution in [0, 0.1) is 17.5 Å². The van der Waals surface area contributed by atoms with Gasteiger partial charge in [-0.05, 0) is 18.9 Å². The molecule has 3 aliphatic heterocycles. The van der Waals surface area contributed by atoms with Crippen molar-refractivity contribution in [3.05, 3.63) is 98.7 Å². The number of nitrogens with one attached hydrogen (secondary N) is 1. The van der Waals surface area contributed by atoms with E-state index < -0.39 is 69.9 Å². The van der Waals surface area contributed by atoms with E-state index in [0.717, 1.165) is 11.8 Å². The number of fused-ring (bicyclic) bond motifs is 5. The van der Waals surface area contributed by atoms with Gasteiger partial charge in [0.05, 0.1) is 12.7 Å². The third-order valence-corrected chi connectivity index (χ3v) is 8.29. The van der Waals surface area contributed by atoms with Crippen molar-refractivity contribution in [3.63, 3.8) is 0 Å². The Labute approximate surface area is 238 Å². The summed E-state index contributed by atoms with van der Waals surface area (Å²) < 4.78 is 55.8. The second-order valence-electron chi connectivity index (χ2n) is 10.9. The van der Waals surface area contributed by atoms with Crippen molar-refractivity contribution in [2.24, 2.45) is 0 Å². The van der Waals surface area contributed by atoms with Gasteiger partial charge in [0.25, 0.3) is 11.8 Å². The van der Waals surface area contributed by atoms with Gasteiger partial charge in [-0.2, -0.15) is 0 Å². The second-order valence-corrected chi connectivity index (χ2v) is 10.9. The Hall–Kier alpha value is -4.16. The summed E-state index contributed by atoms with van der Waals surface area (Å²) in [5, 5.41) is 13.2. The molecule has 2 amide bonds. The molecule has 42 heavy (non-hydrogen) atoms. The number of carbonyl (C=O) groups excluding carboxylic acids is 2. The van der Waals surface area contributed by atoms with Gasteiger partial charge in [0, 0.05) is 55.9 Å². The molecule has 2 bridgehead atoms. The number of amides is 2. The number of benzene rings is 2. The number of hydrogen-bond acceptors (Lipinski definition) is 6. The smallest absolute Gasteiger partial charge is 0.274 e. The Balaban J connectivity index is 1.35. The monoisotopic (exact) mass is 583 g/mol. The molecule has 4 heterocycles. The van der Waals surface area contributed by atoms with E-state index in [1.165, 1.54) is 4.57 Å². The lowest BCUT2D eigenvalue weighted by molar-refractivity contribution is -0.202. The number of rotatable bonds is 5. The van der Waals surface area contributed by atoms with E-state index in [9.17, 15) is 32.7 Å². The molecule has 2 saturated heterocycles. The first-order valence-electron chi connectivity index (χ1n) is 13.6. The molecule has 4 atom stereocenters. The zero-order valence-corrected chi connectivity index (χ0v) is 22.6. The number of aromatic hydroxyl groups is 1. The first kappa shape index (κ1) is 28.0. The van der Waals surface area contributed by atoms with Crippen LogP contribution in [0.3, 0.4) is 0 Å². The molecule has 0 radical (unpaired) electrons. The number of ether oxygens (including phenoxy) is 2. The van der Waals surface area contributed by atoms with Crippen molar-refractivity contribution in [3.8, 4) is 5.75 Å². The predicted molar refractivity (Wildman–Crippen MR) is 142 cm³/mol. The minimum absolute atomic E-state index is 0.139. The quantitative estimate of drug-likeness (QED) is 0.477. The lowest BCUT2D eigenvalue weighted by Gasteiger charge is -2.42. The standard InChI is InChI=1S/C30H28F3N3O6/c1-16-7-8-30(41-15-19(42-30)9-17-5-3-2-4-6-17)24-14-35(16)29(40)25-27(38)26(37)21(13-36(24)25)28(39)34-12-20-22(32)10-18(31)11-23(20)33/h2-6,10-11,13,16,19,24,38H,7-9,12,14-15H2,1H3,(H,34,39)/t16-,19+,24+,30+/m0/s1. The first-order chi connectivity index (χ1) is 20.1. The SMILES string of the molecule is C[C@H]1CC[C@]2(OC[C@@H](Cc3ccccc3)O2)[C@H]2CN1C(=O)c1c(O)c(=O)c(C(=O)NCc3c(F)cc(F)cc3F)cn12. The van der Waals surface area contributed by atoms with Crippen molar-refractivity contribution in [1.82, 2.24) is 14.8 Å². The van der Waals surface area contributed by atoms with Gasteiger partial charge in [-0.15, -0.1) is 0 Å². The third kappa shape index (κ3) is 4.74. The summed E-state index contributed by atoms with van der Waals surface area (Å²) in [6, 6.07) is 9.73. The van der Waals surface area contributed by atoms with Gasteiger partial charge in [0.15, 0.2) is 17.2 Å². The summed E-state index contributed by atoms with van der Waals surface area (Å²) >= 11 is 0. The van der Waals surface area contributed by atoms with Crippen LogP contribution in [-0.2, 0) is 22.4 Å². The van der Waals surface area contributed by atoms with Crippen LogP contribution < -0.4 is 10.7 Å². The predicted octanol–water partition coefficient (Wildman–Crippen LogP) is 3.43. The number of aromatic nitrogens is 1. The highest BCUT2D eigenvalue weighted by molar-refractivity contribution is 5.99. The summed E-state index contributed by atoms with van der Waals surface area (Å²) in [6.45, 7) is 1.59. The van der Waals surface area contributed by atoms with Crippen LogP contribution in [0.2, 0.25) is 0 Å². The minimum atomic E-state index is -1.21. The number of hydrogen-bond donors (Lipinski definition) is 2. The van der Waals surface area contributed by atoms with Crippen LogP contribution in [-0.4, -0.2) is 57.5 Å². The Morgan fingerprint density at radius 2 is 1.86 bits per heavy atom. The molecular weight excluding hydrogens is 555 g/mol. The van der Waals surface area contributed by atoms with Gasteiger partial charge in [0.2, 0.25) is 5.43 Å². The zero-order valence-electron chi connectivity index (χ0n) is 22.6. The fraction of sp³-hybridized carbons (Fsp3) is 0.367. The van der Waals surface area contributed by atoms with Gasteiger partial charge >= 0.3 is 0 Å². The summed E-state index contributed by atoms with van der Waals surface area (Å²) in [7, 11) is 0. The molecule has 220 valence electrons. The number of pyridine rings is 1. The van der Waals surface area contributed by atoms with E-state index in [0.29, 0.717) is 31.4 Å². The topological polar surface area (TPSA) is 110 Å². The number of halogens is 3. The fourth-order valence-electron chi connectivity index (χ4n) is 6.07.